The van der Waals surface area contributed by atoms with Gasteiger partial charge in [-0.2, -0.15) is 0 Å². The standard InChI is InChI=1S/C12H16N3O/c1-8(2)7-15-11-6-9(13)4-5-10(11)12(16)14(15)3/h4-6H,7,13H2,1-3H3. The first kappa shape index (κ1) is 10.8. The lowest BCUT2D eigenvalue weighted by Crippen LogP contribution is -2.20. The molecule has 2 aromatic rings. The number of rotatable bonds is 2. The molecule has 0 aliphatic carbocycles. The van der Waals surface area contributed by atoms with Crippen molar-refractivity contribution in [1.82, 2.24) is 9.36 Å². The van der Waals surface area contributed by atoms with E-state index >= 15 is 0 Å². The Labute approximate surface area is 94.3 Å². The molecule has 0 fully saturated rings. The van der Waals surface area contributed by atoms with E-state index in [9.17, 15) is 4.79 Å². The molecule has 0 atom stereocenters. The Bertz CT molecular complexity index is 578. The number of nitrogen functional groups attached to an aromatic ring is 1. The number of hydrogen-bond donors (Lipinski definition) is 1. The molecule has 1 aromatic heterocycles. The van der Waals surface area contributed by atoms with E-state index in [-0.39, 0.29) is 5.56 Å². The molecule has 0 bridgehead atoms. The van der Waals surface area contributed by atoms with Gasteiger partial charge in [0.15, 0.2) is 0 Å². The van der Waals surface area contributed by atoms with Crippen LogP contribution in [0.5, 0.6) is 0 Å². The summed E-state index contributed by atoms with van der Waals surface area (Å²) in [4.78, 5) is 11.9. The van der Waals surface area contributed by atoms with Crippen molar-refractivity contribution in [1.29, 1.82) is 0 Å². The zero-order valence-electron chi connectivity index (χ0n) is 9.82. The molecule has 16 heavy (non-hydrogen) atoms. The largest absolute Gasteiger partial charge is 0.399 e. The fourth-order valence-corrected chi connectivity index (χ4v) is 1.88. The fourth-order valence-electron chi connectivity index (χ4n) is 1.88. The number of hydrogen-bond acceptors (Lipinski definition) is 2. The molecule has 1 heterocycles. The van der Waals surface area contributed by atoms with E-state index in [1.54, 1.807) is 23.9 Å². The fraction of sp³-hybridized carbons (Fsp3) is 0.333. The Morgan fingerprint density at radius 1 is 1.38 bits per heavy atom. The van der Waals surface area contributed by atoms with Crippen molar-refractivity contribution in [2.24, 2.45) is 7.05 Å². The lowest BCUT2D eigenvalue weighted by molar-refractivity contribution is 0.525. The van der Waals surface area contributed by atoms with Gasteiger partial charge in [-0.3, -0.25) is 14.2 Å². The lowest BCUT2D eigenvalue weighted by atomic mass is 10.2. The van der Waals surface area contributed by atoms with E-state index in [4.69, 9.17) is 5.73 Å². The highest BCUT2D eigenvalue weighted by atomic mass is 16.1. The van der Waals surface area contributed by atoms with Gasteiger partial charge in [0.25, 0.3) is 5.56 Å². The van der Waals surface area contributed by atoms with Gasteiger partial charge < -0.3 is 5.73 Å². The molecular formula is C12H16N3O. The van der Waals surface area contributed by atoms with Crippen LogP contribution in [-0.2, 0) is 13.6 Å². The number of nitrogens with zero attached hydrogens (tertiary/aromatic N) is 2. The van der Waals surface area contributed by atoms with Crippen molar-refractivity contribution < 1.29 is 0 Å². The first-order valence-electron chi connectivity index (χ1n) is 5.25. The number of nitrogens with two attached hydrogens (primary N) is 1. The van der Waals surface area contributed by atoms with Crippen LogP contribution < -0.4 is 11.3 Å². The molecule has 0 saturated heterocycles. The summed E-state index contributed by atoms with van der Waals surface area (Å²) < 4.78 is 3.58. The predicted molar refractivity (Wildman–Crippen MR) is 66.2 cm³/mol. The van der Waals surface area contributed by atoms with Crippen molar-refractivity contribution >= 4 is 16.6 Å². The normalized spacial score (nSPS) is 11.5. The Hall–Kier alpha value is -1.71. The zero-order chi connectivity index (χ0) is 11.9. The third-order valence-electron chi connectivity index (χ3n) is 2.65. The van der Waals surface area contributed by atoms with Crippen LogP contribution in [0.2, 0.25) is 0 Å². The molecule has 2 N–H and O–H groups in total. The van der Waals surface area contributed by atoms with Crippen LogP contribution in [0.4, 0.5) is 5.69 Å². The summed E-state index contributed by atoms with van der Waals surface area (Å²) in [5.74, 6) is 1.25. The molecule has 0 saturated carbocycles. The van der Waals surface area contributed by atoms with E-state index in [2.05, 4.69) is 0 Å². The predicted octanol–water partition coefficient (Wildman–Crippen LogP) is 1.54. The van der Waals surface area contributed by atoms with Gasteiger partial charge in [0.2, 0.25) is 0 Å². The van der Waals surface area contributed by atoms with Crippen LogP contribution in [0.25, 0.3) is 10.9 Å². The van der Waals surface area contributed by atoms with Crippen LogP contribution in [0.3, 0.4) is 0 Å². The average molecular weight is 218 g/mol. The molecule has 0 unspecified atom stereocenters. The lowest BCUT2D eigenvalue weighted by Gasteiger charge is -2.11. The first-order chi connectivity index (χ1) is 7.50. The minimum absolute atomic E-state index is 0.0243. The van der Waals surface area contributed by atoms with E-state index < -0.39 is 0 Å². The maximum Gasteiger partial charge on any atom is 0.274 e. The average Bonchev–Trinajstić information content (AvgIpc) is 2.43. The maximum absolute atomic E-state index is 11.9. The second-order valence-electron chi connectivity index (χ2n) is 4.37. The Balaban J connectivity index is 2.75. The minimum atomic E-state index is 0.0243. The van der Waals surface area contributed by atoms with E-state index in [0.29, 0.717) is 5.69 Å². The van der Waals surface area contributed by atoms with Crippen LogP contribution >= 0.6 is 0 Å². The van der Waals surface area contributed by atoms with Gasteiger partial charge in [0.1, 0.15) is 0 Å². The van der Waals surface area contributed by atoms with Gasteiger partial charge in [0.05, 0.1) is 10.9 Å². The van der Waals surface area contributed by atoms with Crippen LogP contribution in [0.1, 0.15) is 13.8 Å². The summed E-state index contributed by atoms with van der Waals surface area (Å²) in [6, 6.07) is 5.39. The first-order valence-corrected chi connectivity index (χ1v) is 5.25. The quantitative estimate of drug-likeness (QED) is 0.777. The highest BCUT2D eigenvalue weighted by molar-refractivity contribution is 5.81. The molecule has 85 valence electrons. The van der Waals surface area contributed by atoms with Gasteiger partial charge in [-0.15, -0.1) is 0 Å². The monoisotopic (exact) mass is 218 g/mol. The van der Waals surface area contributed by atoms with Crippen molar-refractivity contribution in [3.05, 3.63) is 34.5 Å². The van der Waals surface area contributed by atoms with Gasteiger partial charge in [-0.05, 0) is 24.1 Å². The van der Waals surface area contributed by atoms with Gasteiger partial charge in [-0.1, -0.05) is 13.8 Å². The molecule has 2 rings (SSSR count). The second kappa shape index (κ2) is 3.70. The zero-order valence-corrected chi connectivity index (χ0v) is 9.82. The molecule has 0 amide bonds. The SMILES string of the molecule is C[C](C)Cn1c2cc(N)ccc2c(=O)n1C. The topological polar surface area (TPSA) is 52.9 Å². The number of aromatic nitrogens is 2. The molecule has 1 aromatic carbocycles. The Morgan fingerprint density at radius 3 is 2.69 bits per heavy atom. The van der Waals surface area contributed by atoms with Crippen molar-refractivity contribution in [3.8, 4) is 0 Å². The van der Waals surface area contributed by atoms with E-state index in [1.807, 2.05) is 24.6 Å². The summed E-state index contributed by atoms with van der Waals surface area (Å²) in [5, 5.41) is 0.720. The summed E-state index contributed by atoms with van der Waals surface area (Å²) in [6.45, 7) is 4.82. The molecule has 1 radical (unpaired) electrons. The Morgan fingerprint density at radius 2 is 2.06 bits per heavy atom. The van der Waals surface area contributed by atoms with Crippen molar-refractivity contribution in [3.63, 3.8) is 0 Å². The smallest absolute Gasteiger partial charge is 0.274 e. The maximum atomic E-state index is 11.9. The summed E-state index contributed by atoms with van der Waals surface area (Å²) >= 11 is 0. The molecule has 4 nitrogen and oxygen atoms in total. The number of anilines is 1. The molecule has 0 aliphatic heterocycles. The van der Waals surface area contributed by atoms with E-state index in [1.165, 1.54) is 5.92 Å². The second-order valence-corrected chi connectivity index (χ2v) is 4.37. The highest BCUT2D eigenvalue weighted by Crippen LogP contribution is 2.16. The third-order valence-corrected chi connectivity index (χ3v) is 2.65. The molecule has 4 heteroatoms. The van der Waals surface area contributed by atoms with Gasteiger partial charge in [-0.25, -0.2) is 0 Å². The Kier molecular flexibility index (Phi) is 2.50. The summed E-state index contributed by atoms with van der Waals surface area (Å²) in [7, 11) is 1.78. The molecule has 0 spiro atoms. The van der Waals surface area contributed by atoms with Crippen LogP contribution in [0, 0.1) is 5.92 Å². The third kappa shape index (κ3) is 1.60. The van der Waals surface area contributed by atoms with Crippen molar-refractivity contribution in [2.45, 2.75) is 20.4 Å². The minimum Gasteiger partial charge on any atom is -0.399 e. The molecule has 0 aliphatic rings. The van der Waals surface area contributed by atoms with Gasteiger partial charge >= 0.3 is 0 Å². The molecular weight excluding hydrogens is 202 g/mol. The number of fused-ring (bicyclic) bond motifs is 1. The summed E-state index contributed by atoms with van der Waals surface area (Å²) in [5.41, 5.74) is 7.35. The number of benzene rings is 1. The van der Waals surface area contributed by atoms with E-state index in [0.717, 1.165) is 17.4 Å². The summed E-state index contributed by atoms with van der Waals surface area (Å²) in [6.07, 6.45) is 0. The highest BCUT2D eigenvalue weighted by Gasteiger charge is 2.11. The van der Waals surface area contributed by atoms with Gasteiger partial charge in [0, 0.05) is 19.3 Å². The van der Waals surface area contributed by atoms with Crippen LogP contribution in [0.15, 0.2) is 23.0 Å². The van der Waals surface area contributed by atoms with Crippen LogP contribution in [-0.4, -0.2) is 9.36 Å². The van der Waals surface area contributed by atoms with Crippen molar-refractivity contribution in [2.75, 3.05) is 5.73 Å².